The first-order valence-corrected chi connectivity index (χ1v) is 13.0. The van der Waals surface area contributed by atoms with E-state index in [2.05, 4.69) is 20.4 Å². The van der Waals surface area contributed by atoms with Crippen LogP contribution in [0.25, 0.3) is 56.9 Å². The third kappa shape index (κ3) is 5.33. The van der Waals surface area contributed by atoms with Crippen molar-refractivity contribution in [3.05, 3.63) is 97.1 Å². The molecule has 0 aliphatic carbocycles. The molecule has 0 unspecified atom stereocenters. The van der Waals surface area contributed by atoms with Crippen LogP contribution < -0.4 is 9.47 Å². The second-order valence-corrected chi connectivity index (χ2v) is 8.89. The van der Waals surface area contributed by atoms with Gasteiger partial charge in [0.1, 0.15) is 11.5 Å². The lowest BCUT2D eigenvalue weighted by Crippen LogP contribution is -1.90. The highest BCUT2D eigenvalue weighted by atomic mass is 16.5. The summed E-state index contributed by atoms with van der Waals surface area (Å²) in [5.74, 6) is 3.46. The van der Waals surface area contributed by atoms with Crippen LogP contribution in [0.5, 0.6) is 11.5 Å². The van der Waals surface area contributed by atoms with E-state index in [1.165, 1.54) is 0 Å². The van der Waals surface area contributed by atoms with E-state index in [9.17, 15) is 0 Å². The van der Waals surface area contributed by atoms with E-state index >= 15 is 0 Å². The second kappa shape index (κ2) is 11.2. The zero-order valence-corrected chi connectivity index (χ0v) is 22.1. The largest absolute Gasteiger partial charge is 0.494 e. The maximum atomic E-state index is 5.92. The Morgan fingerprint density at radius 3 is 0.925 bits per heavy atom. The molecular formula is C32H26N4O4. The number of hydrogen-bond acceptors (Lipinski definition) is 8. The van der Waals surface area contributed by atoms with Gasteiger partial charge in [-0.3, -0.25) is 0 Å². The molecule has 0 aliphatic heterocycles. The van der Waals surface area contributed by atoms with Gasteiger partial charge in [-0.15, -0.1) is 20.4 Å². The molecule has 8 heteroatoms. The van der Waals surface area contributed by atoms with E-state index in [0.29, 0.717) is 36.8 Å². The fourth-order valence-corrected chi connectivity index (χ4v) is 4.24. The molecule has 40 heavy (non-hydrogen) atoms. The van der Waals surface area contributed by atoms with E-state index in [4.69, 9.17) is 18.3 Å². The van der Waals surface area contributed by atoms with Crippen LogP contribution in [0.1, 0.15) is 13.8 Å². The van der Waals surface area contributed by atoms with E-state index in [1.54, 1.807) is 0 Å². The Bertz CT molecular complexity index is 1560. The van der Waals surface area contributed by atoms with Gasteiger partial charge in [-0.1, -0.05) is 24.3 Å². The van der Waals surface area contributed by atoms with E-state index in [1.807, 2.05) is 111 Å². The minimum Gasteiger partial charge on any atom is -0.494 e. The number of nitrogens with zero attached hydrogens (tertiary/aromatic N) is 4. The Kier molecular flexibility index (Phi) is 7.05. The van der Waals surface area contributed by atoms with Crippen LogP contribution in [0.4, 0.5) is 0 Å². The van der Waals surface area contributed by atoms with Crippen LogP contribution >= 0.6 is 0 Å². The van der Waals surface area contributed by atoms with Gasteiger partial charge in [0.25, 0.3) is 0 Å². The van der Waals surface area contributed by atoms with Crippen molar-refractivity contribution in [2.45, 2.75) is 13.8 Å². The monoisotopic (exact) mass is 530 g/mol. The van der Waals surface area contributed by atoms with Crippen molar-refractivity contribution < 1.29 is 18.3 Å². The SMILES string of the molecule is CCOc1ccc(-c2nnc(-c3ccc(-c4ccc(-c5nnc(-c6ccc(OCC)cc6)o5)cc4)cc3)o2)cc1. The Balaban J connectivity index is 1.14. The predicted molar refractivity (Wildman–Crippen MR) is 152 cm³/mol. The highest BCUT2D eigenvalue weighted by Gasteiger charge is 2.13. The van der Waals surface area contributed by atoms with Crippen LogP contribution in [0, 0.1) is 0 Å². The van der Waals surface area contributed by atoms with Gasteiger partial charge in [0, 0.05) is 22.3 Å². The molecule has 2 heterocycles. The lowest BCUT2D eigenvalue weighted by atomic mass is 10.0. The smallest absolute Gasteiger partial charge is 0.248 e. The van der Waals surface area contributed by atoms with Gasteiger partial charge in [-0.05, 0) is 97.8 Å². The molecule has 198 valence electrons. The van der Waals surface area contributed by atoms with Crippen molar-refractivity contribution in [3.8, 4) is 68.4 Å². The molecular weight excluding hydrogens is 504 g/mol. The van der Waals surface area contributed by atoms with Gasteiger partial charge in [0.15, 0.2) is 0 Å². The second-order valence-electron chi connectivity index (χ2n) is 8.89. The molecule has 0 saturated carbocycles. The molecule has 0 fully saturated rings. The number of hydrogen-bond donors (Lipinski definition) is 0. The first-order valence-electron chi connectivity index (χ1n) is 13.0. The summed E-state index contributed by atoms with van der Waals surface area (Å²) in [6.07, 6.45) is 0. The molecule has 0 amide bonds. The maximum absolute atomic E-state index is 5.92. The van der Waals surface area contributed by atoms with Crippen LogP contribution in [0.3, 0.4) is 0 Å². The molecule has 2 aromatic heterocycles. The van der Waals surface area contributed by atoms with Crippen molar-refractivity contribution in [2.24, 2.45) is 0 Å². The molecule has 6 aromatic rings. The fourth-order valence-electron chi connectivity index (χ4n) is 4.24. The van der Waals surface area contributed by atoms with E-state index < -0.39 is 0 Å². The van der Waals surface area contributed by atoms with Crippen molar-refractivity contribution in [2.75, 3.05) is 13.2 Å². The van der Waals surface area contributed by atoms with Gasteiger partial charge in [0.2, 0.25) is 23.6 Å². The Hall–Kier alpha value is -5.24. The maximum Gasteiger partial charge on any atom is 0.248 e. The average molecular weight is 531 g/mol. The van der Waals surface area contributed by atoms with Gasteiger partial charge in [-0.2, -0.15) is 0 Å². The number of rotatable bonds is 9. The Morgan fingerprint density at radius 1 is 0.400 bits per heavy atom. The normalized spacial score (nSPS) is 10.9. The minimum atomic E-state index is 0.462. The molecule has 6 rings (SSSR count). The summed E-state index contributed by atoms with van der Waals surface area (Å²) in [5, 5.41) is 16.9. The molecule has 8 nitrogen and oxygen atoms in total. The zero-order chi connectivity index (χ0) is 27.3. The summed E-state index contributed by atoms with van der Waals surface area (Å²) in [6.45, 7) is 5.15. The predicted octanol–water partition coefficient (Wildman–Crippen LogP) is 7.59. The molecule has 4 aromatic carbocycles. The van der Waals surface area contributed by atoms with E-state index in [0.717, 1.165) is 44.9 Å². The minimum absolute atomic E-state index is 0.462. The highest BCUT2D eigenvalue weighted by Crippen LogP contribution is 2.30. The number of aromatic nitrogens is 4. The summed E-state index contributed by atoms with van der Waals surface area (Å²) >= 11 is 0. The first kappa shape index (κ1) is 25.1. The molecule has 0 N–H and O–H groups in total. The Morgan fingerprint density at radius 2 is 0.650 bits per heavy atom. The van der Waals surface area contributed by atoms with Gasteiger partial charge in [-0.25, -0.2) is 0 Å². The van der Waals surface area contributed by atoms with Crippen LogP contribution in [-0.4, -0.2) is 33.6 Å². The van der Waals surface area contributed by atoms with Crippen LogP contribution in [-0.2, 0) is 0 Å². The number of ether oxygens (including phenoxy) is 2. The average Bonchev–Trinajstić information content (AvgIpc) is 3.70. The standard InChI is InChI=1S/C32H26N4O4/c1-3-37-27-17-13-25(14-18-27)31-35-33-29(39-31)23-9-5-21(6-10-23)22-7-11-24(12-8-22)30-34-36-32(40-30)26-15-19-28(20-16-26)38-4-2/h5-20H,3-4H2,1-2H3. The molecule has 0 bridgehead atoms. The lowest BCUT2D eigenvalue weighted by molar-refractivity contribution is 0.340. The van der Waals surface area contributed by atoms with Gasteiger partial charge < -0.3 is 18.3 Å². The lowest BCUT2D eigenvalue weighted by Gasteiger charge is -2.04. The van der Waals surface area contributed by atoms with Crippen LogP contribution in [0.2, 0.25) is 0 Å². The summed E-state index contributed by atoms with van der Waals surface area (Å²) in [7, 11) is 0. The topological polar surface area (TPSA) is 96.3 Å². The van der Waals surface area contributed by atoms with Gasteiger partial charge in [0.05, 0.1) is 13.2 Å². The molecule has 0 saturated heterocycles. The number of benzene rings is 4. The van der Waals surface area contributed by atoms with Gasteiger partial charge >= 0.3 is 0 Å². The molecule has 0 aliphatic rings. The Labute approximate surface area is 231 Å². The summed E-state index contributed by atoms with van der Waals surface area (Å²) in [4.78, 5) is 0. The molecule has 0 radical (unpaired) electrons. The third-order valence-corrected chi connectivity index (χ3v) is 6.27. The van der Waals surface area contributed by atoms with Crippen LogP contribution in [0.15, 0.2) is 106 Å². The summed E-state index contributed by atoms with van der Waals surface area (Å²) in [6, 6.07) is 31.2. The fraction of sp³-hybridized carbons (Fsp3) is 0.125. The first-order chi connectivity index (χ1) is 19.7. The van der Waals surface area contributed by atoms with Crippen molar-refractivity contribution in [1.29, 1.82) is 0 Å². The van der Waals surface area contributed by atoms with Crippen molar-refractivity contribution >= 4 is 0 Å². The van der Waals surface area contributed by atoms with Crippen molar-refractivity contribution in [3.63, 3.8) is 0 Å². The zero-order valence-electron chi connectivity index (χ0n) is 22.1. The molecule has 0 atom stereocenters. The summed E-state index contributed by atoms with van der Waals surface area (Å²) < 4.78 is 22.8. The third-order valence-electron chi connectivity index (χ3n) is 6.27. The highest BCUT2D eigenvalue weighted by molar-refractivity contribution is 5.70. The quantitative estimate of drug-likeness (QED) is 0.189. The van der Waals surface area contributed by atoms with Crippen molar-refractivity contribution in [1.82, 2.24) is 20.4 Å². The van der Waals surface area contributed by atoms with E-state index in [-0.39, 0.29) is 0 Å². The summed E-state index contributed by atoms with van der Waals surface area (Å²) in [5.41, 5.74) is 5.48. The molecule has 0 spiro atoms.